The minimum absolute atomic E-state index is 0.175. The van der Waals surface area contributed by atoms with Crippen LogP contribution in [0.25, 0.3) is 11.0 Å². The van der Waals surface area contributed by atoms with Crippen LogP contribution in [0.5, 0.6) is 0 Å². The van der Waals surface area contributed by atoms with Gasteiger partial charge in [0, 0.05) is 25.1 Å². The molecule has 0 aliphatic heterocycles. The van der Waals surface area contributed by atoms with Crippen molar-refractivity contribution in [3.63, 3.8) is 0 Å². The van der Waals surface area contributed by atoms with E-state index >= 15 is 0 Å². The minimum Gasteiger partial charge on any atom is -0.359 e. The molecule has 1 atom stereocenters. The number of anilines is 1. The predicted octanol–water partition coefficient (Wildman–Crippen LogP) is 2.94. The first kappa shape index (κ1) is 14.1. The summed E-state index contributed by atoms with van der Waals surface area (Å²) in [7, 11) is 2.04. The first-order chi connectivity index (χ1) is 11.1. The number of pyridine rings is 1. The van der Waals surface area contributed by atoms with E-state index in [4.69, 9.17) is 0 Å². The van der Waals surface area contributed by atoms with E-state index in [2.05, 4.69) is 42.8 Å². The summed E-state index contributed by atoms with van der Waals surface area (Å²) in [6.45, 7) is 4.07. The Bertz CT molecular complexity index is 865. The summed E-state index contributed by atoms with van der Waals surface area (Å²) in [6, 6.07) is 2.25. The van der Waals surface area contributed by atoms with Crippen molar-refractivity contribution in [1.82, 2.24) is 24.5 Å². The average molecular weight is 308 g/mol. The molecule has 3 aromatic rings. The van der Waals surface area contributed by atoms with Gasteiger partial charge in [-0.2, -0.15) is 0 Å². The van der Waals surface area contributed by atoms with Gasteiger partial charge in [0.25, 0.3) is 0 Å². The van der Waals surface area contributed by atoms with Crippen LogP contribution >= 0.6 is 0 Å². The van der Waals surface area contributed by atoms with E-state index in [1.54, 1.807) is 6.33 Å². The van der Waals surface area contributed by atoms with Crippen LogP contribution in [0.4, 0.5) is 5.82 Å². The number of aromatic nitrogens is 5. The second-order valence-corrected chi connectivity index (χ2v) is 6.36. The first-order valence-electron chi connectivity index (χ1n) is 7.96. The summed E-state index contributed by atoms with van der Waals surface area (Å²) in [6.07, 6.45) is 7.87. The second kappa shape index (κ2) is 5.30. The highest BCUT2D eigenvalue weighted by Gasteiger charge is 2.35. The number of nitrogens with one attached hydrogen (secondary N) is 1. The lowest BCUT2D eigenvalue weighted by molar-refractivity contribution is 0.605. The molecule has 23 heavy (non-hydrogen) atoms. The molecule has 0 spiro atoms. The van der Waals surface area contributed by atoms with Crippen LogP contribution in [0.15, 0.2) is 24.8 Å². The molecule has 0 bridgehead atoms. The normalized spacial score (nSPS) is 15.8. The summed E-state index contributed by atoms with van der Waals surface area (Å²) in [5.41, 5.74) is 2.86. The van der Waals surface area contributed by atoms with Crippen molar-refractivity contribution < 1.29 is 0 Å². The number of rotatable bonds is 4. The van der Waals surface area contributed by atoms with Crippen LogP contribution in [0, 0.1) is 19.8 Å². The Balaban J connectivity index is 1.78. The van der Waals surface area contributed by atoms with Gasteiger partial charge in [-0.05, 0) is 44.2 Å². The van der Waals surface area contributed by atoms with Gasteiger partial charge in [-0.15, -0.1) is 0 Å². The standard InChI is InChI=1S/C17H20N6/c1-10-8-11(2)21-15-13(10)16(20-9-19-15)22-14(12-4-5-12)17-18-6-7-23(17)3/h6-9,12,14H,4-5H2,1-3H3,(H,19,20,21,22)/t14-/m1/s1. The molecule has 0 aromatic carbocycles. The predicted molar refractivity (Wildman–Crippen MR) is 89.1 cm³/mol. The SMILES string of the molecule is Cc1cc(C)c2c(N[C@@H](c3nccn3C)C3CC3)ncnc2n1. The summed E-state index contributed by atoms with van der Waals surface area (Å²) >= 11 is 0. The molecule has 1 fully saturated rings. The third kappa shape index (κ3) is 2.54. The number of aryl methyl sites for hydroxylation is 3. The molecule has 6 heteroatoms. The number of nitrogens with zero attached hydrogens (tertiary/aromatic N) is 5. The van der Waals surface area contributed by atoms with E-state index in [1.807, 2.05) is 26.4 Å². The fourth-order valence-electron chi connectivity index (χ4n) is 3.17. The van der Waals surface area contributed by atoms with Crippen molar-refractivity contribution in [1.29, 1.82) is 0 Å². The number of imidazole rings is 1. The van der Waals surface area contributed by atoms with Crippen LogP contribution < -0.4 is 5.32 Å². The largest absolute Gasteiger partial charge is 0.359 e. The van der Waals surface area contributed by atoms with Gasteiger partial charge in [0.2, 0.25) is 0 Å². The highest BCUT2D eigenvalue weighted by Crippen LogP contribution is 2.42. The second-order valence-electron chi connectivity index (χ2n) is 6.36. The Morgan fingerprint density at radius 2 is 2.04 bits per heavy atom. The van der Waals surface area contributed by atoms with Crippen LogP contribution in [-0.2, 0) is 7.05 Å². The zero-order chi connectivity index (χ0) is 16.0. The van der Waals surface area contributed by atoms with Gasteiger partial charge in [0.15, 0.2) is 5.65 Å². The number of hydrogen-bond acceptors (Lipinski definition) is 5. The monoisotopic (exact) mass is 308 g/mol. The third-order valence-electron chi connectivity index (χ3n) is 4.45. The van der Waals surface area contributed by atoms with E-state index < -0.39 is 0 Å². The third-order valence-corrected chi connectivity index (χ3v) is 4.45. The summed E-state index contributed by atoms with van der Waals surface area (Å²) < 4.78 is 2.08. The molecule has 6 nitrogen and oxygen atoms in total. The maximum Gasteiger partial charge on any atom is 0.165 e. The molecule has 1 saturated carbocycles. The van der Waals surface area contributed by atoms with Crippen molar-refractivity contribution in [2.45, 2.75) is 32.7 Å². The number of fused-ring (bicyclic) bond motifs is 1. The van der Waals surface area contributed by atoms with Crippen LogP contribution in [-0.4, -0.2) is 24.5 Å². The van der Waals surface area contributed by atoms with Gasteiger partial charge in [0.05, 0.1) is 11.4 Å². The fraction of sp³-hybridized carbons (Fsp3) is 0.412. The van der Waals surface area contributed by atoms with Gasteiger partial charge < -0.3 is 9.88 Å². The van der Waals surface area contributed by atoms with E-state index in [0.29, 0.717) is 5.92 Å². The zero-order valence-corrected chi connectivity index (χ0v) is 13.6. The van der Waals surface area contributed by atoms with Crippen LogP contribution in [0.1, 0.15) is 36.0 Å². The lowest BCUT2D eigenvalue weighted by Crippen LogP contribution is -2.18. The average Bonchev–Trinajstić information content (AvgIpc) is 3.26. The zero-order valence-electron chi connectivity index (χ0n) is 13.6. The van der Waals surface area contributed by atoms with Crippen LogP contribution in [0.2, 0.25) is 0 Å². The Labute approximate surface area is 135 Å². The van der Waals surface area contributed by atoms with E-state index in [-0.39, 0.29) is 6.04 Å². The quantitative estimate of drug-likeness (QED) is 0.802. The maximum atomic E-state index is 4.53. The molecule has 1 aliphatic rings. The van der Waals surface area contributed by atoms with Crippen molar-refractivity contribution >= 4 is 16.9 Å². The molecule has 0 saturated heterocycles. The van der Waals surface area contributed by atoms with Crippen LogP contribution in [0.3, 0.4) is 0 Å². The summed E-state index contributed by atoms with van der Waals surface area (Å²) in [5.74, 6) is 2.51. The topological polar surface area (TPSA) is 68.5 Å². The number of hydrogen-bond donors (Lipinski definition) is 1. The molecular weight excluding hydrogens is 288 g/mol. The molecule has 4 rings (SSSR count). The van der Waals surface area contributed by atoms with Gasteiger partial charge in [0.1, 0.15) is 18.0 Å². The highest BCUT2D eigenvalue weighted by atomic mass is 15.1. The smallest absolute Gasteiger partial charge is 0.165 e. The fourth-order valence-corrected chi connectivity index (χ4v) is 3.17. The van der Waals surface area contributed by atoms with Gasteiger partial charge in [-0.3, -0.25) is 0 Å². The van der Waals surface area contributed by atoms with E-state index in [1.165, 1.54) is 12.8 Å². The minimum atomic E-state index is 0.175. The van der Waals surface area contributed by atoms with Gasteiger partial charge in [-0.25, -0.2) is 19.9 Å². The molecular formula is C17H20N6. The summed E-state index contributed by atoms with van der Waals surface area (Å²) in [5, 5.41) is 4.61. The lowest BCUT2D eigenvalue weighted by Gasteiger charge is -2.20. The summed E-state index contributed by atoms with van der Waals surface area (Å²) in [4.78, 5) is 17.9. The Morgan fingerprint density at radius 3 is 2.74 bits per heavy atom. The molecule has 0 amide bonds. The Morgan fingerprint density at radius 1 is 1.22 bits per heavy atom. The lowest BCUT2D eigenvalue weighted by atomic mass is 10.1. The Hall–Kier alpha value is -2.50. The molecule has 0 radical (unpaired) electrons. The maximum absolute atomic E-state index is 4.53. The molecule has 118 valence electrons. The van der Waals surface area contributed by atoms with E-state index in [0.717, 1.165) is 33.9 Å². The molecule has 0 unspecified atom stereocenters. The molecule has 3 heterocycles. The molecule has 1 N–H and O–H groups in total. The highest BCUT2D eigenvalue weighted by molar-refractivity contribution is 5.89. The van der Waals surface area contributed by atoms with Crippen molar-refractivity contribution in [2.24, 2.45) is 13.0 Å². The van der Waals surface area contributed by atoms with Crippen molar-refractivity contribution in [3.05, 3.63) is 41.9 Å². The van der Waals surface area contributed by atoms with Gasteiger partial charge in [-0.1, -0.05) is 0 Å². The first-order valence-corrected chi connectivity index (χ1v) is 7.96. The van der Waals surface area contributed by atoms with Crippen molar-refractivity contribution in [3.8, 4) is 0 Å². The molecule has 1 aliphatic carbocycles. The van der Waals surface area contributed by atoms with Crippen molar-refractivity contribution in [2.75, 3.05) is 5.32 Å². The van der Waals surface area contributed by atoms with E-state index in [9.17, 15) is 0 Å². The molecule has 3 aromatic heterocycles. The Kier molecular flexibility index (Phi) is 3.25. The van der Waals surface area contributed by atoms with Gasteiger partial charge >= 0.3 is 0 Å².